The minimum atomic E-state index is -0.367. The van der Waals surface area contributed by atoms with Crippen LogP contribution in [0, 0.1) is 12.8 Å². The lowest BCUT2D eigenvalue weighted by atomic mass is 9.86. The van der Waals surface area contributed by atoms with Crippen LogP contribution in [0.15, 0.2) is 30.6 Å². The molecule has 3 heterocycles. The molecule has 1 fully saturated rings. The lowest BCUT2D eigenvalue weighted by Crippen LogP contribution is -2.43. The van der Waals surface area contributed by atoms with E-state index in [0.717, 1.165) is 29.8 Å². The van der Waals surface area contributed by atoms with Gasteiger partial charge in [0.05, 0.1) is 24.8 Å². The number of nitrogens with zero attached hydrogens (tertiary/aromatic N) is 4. The number of rotatable bonds is 6. The molecular formula is C20H26N4O3. The predicted molar refractivity (Wildman–Crippen MR) is 99.7 cm³/mol. The molecule has 1 saturated heterocycles. The molecule has 1 amide bonds. The SMILES string of the molecule is Cc1cccc(CCCOC(=O)C2CCC(=O)N(C)C2c2cnn(C)c2)n1. The van der Waals surface area contributed by atoms with Crippen molar-refractivity contribution in [3.63, 3.8) is 0 Å². The normalized spacial score (nSPS) is 20.0. The van der Waals surface area contributed by atoms with E-state index in [0.29, 0.717) is 19.4 Å². The predicted octanol–water partition coefficient (Wildman–Crippen LogP) is 2.21. The zero-order chi connectivity index (χ0) is 19.4. The Morgan fingerprint density at radius 3 is 2.85 bits per heavy atom. The number of aromatic nitrogens is 3. The fraction of sp³-hybridized carbons (Fsp3) is 0.500. The Bertz CT molecular complexity index is 817. The third-order valence-electron chi connectivity index (χ3n) is 5.00. The smallest absolute Gasteiger partial charge is 0.311 e. The molecule has 7 nitrogen and oxygen atoms in total. The van der Waals surface area contributed by atoms with Gasteiger partial charge in [-0.3, -0.25) is 19.3 Å². The van der Waals surface area contributed by atoms with Gasteiger partial charge in [0, 0.05) is 43.7 Å². The molecule has 1 aliphatic rings. The molecule has 2 aromatic rings. The summed E-state index contributed by atoms with van der Waals surface area (Å²) in [6.45, 7) is 2.31. The first kappa shape index (κ1) is 19.1. The molecule has 7 heteroatoms. The summed E-state index contributed by atoms with van der Waals surface area (Å²) in [5.74, 6) is -0.576. The monoisotopic (exact) mass is 370 g/mol. The Hall–Kier alpha value is -2.70. The Balaban J connectivity index is 1.59. The first-order chi connectivity index (χ1) is 13.0. The van der Waals surface area contributed by atoms with Crippen molar-refractivity contribution in [2.75, 3.05) is 13.7 Å². The lowest BCUT2D eigenvalue weighted by Gasteiger charge is -2.37. The number of ether oxygens (including phenoxy) is 1. The molecule has 2 aromatic heterocycles. The number of carbonyl (C=O) groups is 2. The Kier molecular flexibility index (Phi) is 5.88. The van der Waals surface area contributed by atoms with E-state index < -0.39 is 0 Å². The summed E-state index contributed by atoms with van der Waals surface area (Å²) in [6, 6.07) is 5.60. The summed E-state index contributed by atoms with van der Waals surface area (Å²) < 4.78 is 7.22. The molecule has 0 aliphatic carbocycles. The number of piperidine rings is 1. The molecule has 0 bridgehead atoms. The van der Waals surface area contributed by atoms with E-state index in [2.05, 4.69) is 10.1 Å². The van der Waals surface area contributed by atoms with E-state index in [-0.39, 0.29) is 23.8 Å². The molecule has 0 spiro atoms. The number of pyridine rings is 1. The molecule has 27 heavy (non-hydrogen) atoms. The van der Waals surface area contributed by atoms with Gasteiger partial charge < -0.3 is 9.64 Å². The lowest BCUT2D eigenvalue weighted by molar-refractivity contribution is -0.156. The minimum absolute atomic E-state index is 0.0402. The first-order valence-corrected chi connectivity index (χ1v) is 9.29. The van der Waals surface area contributed by atoms with Crippen molar-refractivity contribution in [1.29, 1.82) is 0 Å². The summed E-state index contributed by atoms with van der Waals surface area (Å²) in [4.78, 5) is 30.9. The van der Waals surface area contributed by atoms with E-state index in [4.69, 9.17) is 4.74 Å². The van der Waals surface area contributed by atoms with Crippen LogP contribution in [0.4, 0.5) is 0 Å². The van der Waals surface area contributed by atoms with Crippen molar-refractivity contribution in [2.45, 2.75) is 38.6 Å². The number of hydrogen-bond acceptors (Lipinski definition) is 5. The Morgan fingerprint density at radius 1 is 1.33 bits per heavy atom. The fourth-order valence-corrected chi connectivity index (χ4v) is 3.61. The molecule has 0 aromatic carbocycles. The molecule has 0 saturated carbocycles. The Labute approximate surface area is 159 Å². The molecule has 1 aliphatic heterocycles. The van der Waals surface area contributed by atoms with E-state index >= 15 is 0 Å². The van der Waals surface area contributed by atoms with Crippen molar-refractivity contribution in [1.82, 2.24) is 19.7 Å². The highest BCUT2D eigenvalue weighted by Crippen LogP contribution is 2.36. The average Bonchev–Trinajstić information content (AvgIpc) is 3.06. The fourth-order valence-electron chi connectivity index (χ4n) is 3.61. The second-order valence-corrected chi connectivity index (χ2v) is 7.08. The number of hydrogen-bond donors (Lipinski definition) is 0. The number of likely N-dealkylation sites (tertiary alicyclic amines) is 1. The van der Waals surface area contributed by atoms with Crippen molar-refractivity contribution in [3.8, 4) is 0 Å². The highest BCUT2D eigenvalue weighted by molar-refractivity contribution is 5.82. The van der Waals surface area contributed by atoms with Gasteiger partial charge in [-0.2, -0.15) is 5.10 Å². The van der Waals surface area contributed by atoms with Gasteiger partial charge in [0.1, 0.15) is 0 Å². The Morgan fingerprint density at radius 2 is 2.15 bits per heavy atom. The van der Waals surface area contributed by atoms with Crippen molar-refractivity contribution in [2.24, 2.45) is 13.0 Å². The van der Waals surface area contributed by atoms with Gasteiger partial charge in [-0.25, -0.2) is 0 Å². The van der Waals surface area contributed by atoms with Crippen molar-refractivity contribution in [3.05, 3.63) is 47.5 Å². The van der Waals surface area contributed by atoms with Gasteiger partial charge in [0.2, 0.25) is 5.91 Å². The molecule has 0 N–H and O–H groups in total. The van der Waals surface area contributed by atoms with Crippen molar-refractivity contribution < 1.29 is 14.3 Å². The first-order valence-electron chi connectivity index (χ1n) is 9.29. The van der Waals surface area contributed by atoms with Crippen LogP contribution < -0.4 is 0 Å². The molecule has 3 rings (SSSR count). The van der Waals surface area contributed by atoms with Crippen LogP contribution in [-0.4, -0.2) is 45.2 Å². The quantitative estimate of drug-likeness (QED) is 0.575. The second kappa shape index (κ2) is 8.33. The van der Waals surface area contributed by atoms with Gasteiger partial charge in [0.25, 0.3) is 0 Å². The van der Waals surface area contributed by atoms with E-state index in [1.807, 2.05) is 38.4 Å². The molecular weight excluding hydrogens is 344 g/mol. The molecule has 2 atom stereocenters. The van der Waals surface area contributed by atoms with Gasteiger partial charge in [-0.1, -0.05) is 6.07 Å². The zero-order valence-corrected chi connectivity index (χ0v) is 16.1. The van der Waals surface area contributed by atoms with Gasteiger partial charge >= 0.3 is 5.97 Å². The number of aryl methyl sites for hydroxylation is 3. The highest BCUT2D eigenvalue weighted by atomic mass is 16.5. The minimum Gasteiger partial charge on any atom is -0.465 e. The average molecular weight is 370 g/mol. The van der Waals surface area contributed by atoms with Crippen LogP contribution in [0.1, 0.15) is 42.3 Å². The van der Waals surface area contributed by atoms with Crippen LogP contribution in [0.25, 0.3) is 0 Å². The summed E-state index contributed by atoms with van der Waals surface area (Å²) in [7, 11) is 3.56. The molecule has 144 valence electrons. The number of amides is 1. The third-order valence-corrected chi connectivity index (χ3v) is 5.00. The van der Waals surface area contributed by atoms with E-state index in [1.54, 1.807) is 22.8 Å². The molecule has 2 unspecified atom stereocenters. The van der Waals surface area contributed by atoms with Crippen molar-refractivity contribution >= 4 is 11.9 Å². The molecule has 0 radical (unpaired) electrons. The maximum absolute atomic E-state index is 12.7. The summed E-state index contributed by atoms with van der Waals surface area (Å²) in [5, 5.41) is 4.18. The van der Waals surface area contributed by atoms with E-state index in [9.17, 15) is 9.59 Å². The van der Waals surface area contributed by atoms with Crippen LogP contribution in [0.3, 0.4) is 0 Å². The highest BCUT2D eigenvalue weighted by Gasteiger charge is 2.40. The second-order valence-electron chi connectivity index (χ2n) is 7.08. The summed E-state index contributed by atoms with van der Waals surface area (Å²) in [5.41, 5.74) is 2.85. The number of carbonyl (C=O) groups excluding carboxylic acids is 2. The largest absolute Gasteiger partial charge is 0.465 e. The number of esters is 1. The zero-order valence-electron chi connectivity index (χ0n) is 16.1. The van der Waals surface area contributed by atoms with Crippen LogP contribution >= 0.6 is 0 Å². The van der Waals surface area contributed by atoms with E-state index in [1.165, 1.54) is 0 Å². The summed E-state index contributed by atoms with van der Waals surface area (Å²) in [6.07, 6.45) is 5.92. The van der Waals surface area contributed by atoms with Gasteiger partial charge in [-0.05, 0) is 38.3 Å². The van der Waals surface area contributed by atoms with Crippen LogP contribution in [-0.2, 0) is 27.8 Å². The van der Waals surface area contributed by atoms with Crippen LogP contribution in [0.5, 0.6) is 0 Å². The topological polar surface area (TPSA) is 77.3 Å². The maximum Gasteiger partial charge on any atom is 0.311 e. The standard InChI is InChI=1S/C20H26N4O3/c1-14-6-4-7-16(22-14)8-5-11-27-20(26)17-9-10-18(25)24(3)19(17)15-12-21-23(2)13-15/h4,6-7,12-13,17,19H,5,8-11H2,1-3H3. The summed E-state index contributed by atoms with van der Waals surface area (Å²) >= 11 is 0. The van der Waals surface area contributed by atoms with Gasteiger partial charge in [-0.15, -0.1) is 0 Å². The third kappa shape index (κ3) is 4.53. The van der Waals surface area contributed by atoms with Gasteiger partial charge in [0.15, 0.2) is 0 Å². The maximum atomic E-state index is 12.7. The van der Waals surface area contributed by atoms with Crippen LogP contribution in [0.2, 0.25) is 0 Å².